The number of benzene rings is 4. The molecule has 16 aromatic rings. The topological polar surface area (TPSA) is 170 Å². The second kappa shape index (κ2) is 36.3. The third-order valence-corrected chi connectivity index (χ3v) is 29.7. The van der Waals surface area contributed by atoms with Crippen molar-refractivity contribution in [2.75, 3.05) is 0 Å². The second-order valence-corrected chi connectivity index (χ2v) is 36.1. The zero-order valence-electron chi connectivity index (χ0n) is 82.6. The van der Waals surface area contributed by atoms with Gasteiger partial charge in [0, 0.05) is 95.3 Å². The molecule has 0 aliphatic carbocycles. The fourth-order valence-electron chi connectivity index (χ4n) is 16.9. The molecule has 0 amide bonds. The van der Waals surface area contributed by atoms with Crippen LogP contribution in [0.2, 0.25) is 0 Å². The predicted molar refractivity (Wildman–Crippen MR) is 518 cm³/mol. The number of hydrogen-bond donors (Lipinski definition) is 0. The molecule has 0 atom stereocenters. The maximum atomic E-state index is 5.46. The standard InChI is InChI=1S/C18H24.2C16H21N.C13H18N2.2C11H15N3.C10H12N2O.C10H12N2S/c1-9-10(2)14(6)18-16(8)12(4)11(3)15(7)17(18)13(9)5;2*1-8-9(2)13(6)16-15(11(8)4)12(5)10(3)14(7)17-16;1-7-8(2)12-9(3)11(5)15(6)13(12)14-10(7)4;1-6-7(2)10-11(12-8(6)3)13-9(4)14(10)5;1-6-7(2)10-11(12-8(6)3)14(5)9(4)13-10;2*1-5-6(2)9-10(11-7(5)3)12-8(4)13-9/h1-8H3;2*1-7H3;1-6H3;2*1-5H3;2*1-4H3. The van der Waals surface area contributed by atoms with Crippen LogP contribution in [0.3, 0.4) is 0 Å². The van der Waals surface area contributed by atoms with Crippen molar-refractivity contribution in [3.63, 3.8) is 0 Å². The van der Waals surface area contributed by atoms with Crippen molar-refractivity contribution in [1.29, 1.82) is 0 Å². The van der Waals surface area contributed by atoms with E-state index in [0.717, 1.165) is 107 Å². The van der Waals surface area contributed by atoms with Crippen LogP contribution in [0.15, 0.2) is 4.42 Å². The van der Waals surface area contributed by atoms with E-state index in [1.54, 1.807) is 11.3 Å². The van der Waals surface area contributed by atoms with Crippen molar-refractivity contribution in [2.45, 2.75) is 298 Å². The smallest absolute Gasteiger partial charge is 0.199 e. The Morgan fingerprint density at radius 2 is 0.521 bits per heavy atom. The minimum Gasteiger partial charge on any atom is -0.439 e. The number of aromatic nitrogens is 14. The Morgan fingerprint density at radius 3 is 0.959 bits per heavy atom. The van der Waals surface area contributed by atoms with E-state index in [2.05, 4.69) is 296 Å². The molecular formula is C105H138N14OS. The molecule has 0 spiro atoms. The molecule has 0 aliphatic rings. The summed E-state index contributed by atoms with van der Waals surface area (Å²) in [5.41, 5.74) is 61.1. The lowest BCUT2D eigenvalue weighted by Crippen LogP contribution is -2.01. The molecule has 12 aromatic heterocycles. The van der Waals surface area contributed by atoms with Gasteiger partial charge in [-0.3, -0.25) is 9.97 Å². The molecule has 0 aliphatic heterocycles. The first kappa shape index (κ1) is 94.4. The van der Waals surface area contributed by atoms with Gasteiger partial charge in [0.15, 0.2) is 34.1 Å². The molecule has 4 aromatic carbocycles. The van der Waals surface area contributed by atoms with E-state index >= 15 is 0 Å². The van der Waals surface area contributed by atoms with Crippen LogP contribution < -0.4 is 0 Å². The lowest BCUT2D eigenvalue weighted by Gasteiger charge is -2.21. The third kappa shape index (κ3) is 17.4. The molecule has 640 valence electrons. The molecule has 0 saturated carbocycles. The van der Waals surface area contributed by atoms with Gasteiger partial charge in [0.25, 0.3) is 0 Å². The van der Waals surface area contributed by atoms with Crippen molar-refractivity contribution < 1.29 is 4.42 Å². The predicted octanol–water partition coefficient (Wildman–Crippen LogP) is 27.0. The number of imidazole rings is 2. The van der Waals surface area contributed by atoms with E-state index in [0.29, 0.717) is 5.89 Å². The van der Waals surface area contributed by atoms with Crippen molar-refractivity contribution >= 4 is 98.9 Å². The first-order valence-electron chi connectivity index (χ1n) is 42.7. The highest BCUT2D eigenvalue weighted by Gasteiger charge is 2.22. The van der Waals surface area contributed by atoms with Crippen molar-refractivity contribution in [2.24, 2.45) is 21.1 Å². The van der Waals surface area contributed by atoms with E-state index in [9.17, 15) is 0 Å². The summed E-state index contributed by atoms with van der Waals surface area (Å²) in [6.45, 7) is 92.2. The van der Waals surface area contributed by atoms with Gasteiger partial charge in [0.1, 0.15) is 22.8 Å². The Morgan fingerprint density at radius 1 is 0.207 bits per heavy atom. The average Bonchev–Trinajstić information content (AvgIpc) is 1.33. The molecule has 16 rings (SSSR count). The highest BCUT2D eigenvalue weighted by molar-refractivity contribution is 7.18. The van der Waals surface area contributed by atoms with Crippen LogP contribution in [0.4, 0.5) is 0 Å². The van der Waals surface area contributed by atoms with Crippen LogP contribution in [-0.4, -0.2) is 68.5 Å². The van der Waals surface area contributed by atoms with Crippen molar-refractivity contribution in [1.82, 2.24) is 68.5 Å². The normalized spacial score (nSPS) is 11.2. The fraction of sp³-hybridized carbons (Fsp3) is 0.438. The monoisotopic (exact) mass is 1640 g/mol. The van der Waals surface area contributed by atoms with Gasteiger partial charge in [-0.1, -0.05) is 0 Å². The fourth-order valence-corrected chi connectivity index (χ4v) is 17.8. The minimum atomic E-state index is 0.676. The summed E-state index contributed by atoms with van der Waals surface area (Å²) < 4.78 is 13.0. The number of pyridine rings is 7. The van der Waals surface area contributed by atoms with Crippen molar-refractivity contribution in [3.8, 4) is 0 Å². The number of oxazole rings is 1. The quantitative estimate of drug-likeness (QED) is 0.141. The van der Waals surface area contributed by atoms with Crippen LogP contribution in [0.25, 0.3) is 87.5 Å². The zero-order valence-corrected chi connectivity index (χ0v) is 83.4. The molecule has 0 fully saturated rings. The average molecular weight is 1640 g/mol. The summed E-state index contributed by atoms with van der Waals surface area (Å²) in [6.07, 6.45) is 0. The van der Waals surface area contributed by atoms with Crippen LogP contribution in [0.5, 0.6) is 0 Å². The summed E-state index contributed by atoms with van der Waals surface area (Å²) in [4.78, 5) is 49.7. The number of rotatable bonds is 0. The Balaban J connectivity index is 0.000000158. The number of hydrogen-bond acceptors (Lipinski definition) is 13. The number of thiazole rings is 1. The summed E-state index contributed by atoms with van der Waals surface area (Å²) in [7, 11) is 6.13. The molecular weight excluding hydrogens is 1510 g/mol. The van der Waals surface area contributed by atoms with Gasteiger partial charge in [-0.05, 0) is 468 Å². The molecule has 0 radical (unpaired) electrons. The number of nitrogens with zero attached hydrogens (tertiary/aromatic N) is 14. The van der Waals surface area contributed by atoms with Gasteiger partial charge in [0.05, 0.1) is 26.3 Å². The van der Waals surface area contributed by atoms with Gasteiger partial charge in [0.2, 0.25) is 0 Å². The third-order valence-electron chi connectivity index (χ3n) is 28.6. The number of aryl methyl sites for hydroxylation is 30. The summed E-state index contributed by atoms with van der Waals surface area (Å²) in [5, 5.41) is 8.10. The SMILES string of the molecule is Cc1c(C)c(C)c2c(C)c(C)c(C)c(C)c2c1C.Cc1nc2c(C)c(C)c(C)c(C)c2c(C)c1C.Cc1nc2c(C)c(C)c(C)c(C)c2c(C)c1C.Cc1nc2c(c(C)c1C)c(C)c(C)n2C.Cc1nc2c(nc(C)n2C)c(C)c1C.Cc1nc2nc(C)c(C)c(C)c2o1.Cc1nc2nc(C)c(C)c(C)c2s1.Cc1nc2nc(C)n(C)c2c(C)c1C. The highest BCUT2D eigenvalue weighted by atomic mass is 32.1. The van der Waals surface area contributed by atoms with Crippen LogP contribution in [0, 0.1) is 298 Å². The summed E-state index contributed by atoms with van der Waals surface area (Å²) in [5.74, 6) is 2.71. The van der Waals surface area contributed by atoms with E-state index < -0.39 is 0 Å². The zero-order chi connectivity index (χ0) is 91.0. The van der Waals surface area contributed by atoms with Gasteiger partial charge in [-0.2, -0.15) is 4.98 Å². The van der Waals surface area contributed by atoms with Crippen LogP contribution in [-0.2, 0) is 21.1 Å². The van der Waals surface area contributed by atoms with Gasteiger partial charge < -0.3 is 18.1 Å². The summed E-state index contributed by atoms with van der Waals surface area (Å²) >= 11 is 1.73. The van der Waals surface area contributed by atoms with Crippen LogP contribution >= 0.6 is 11.3 Å². The maximum Gasteiger partial charge on any atom is 0.199 e. The second-order valence-electron chi connectivity index (χ2n) is 34.8. The van der Waals surface area contributed by atoms with E-state index in [1.807, 2.05) is 81.0 Å². The lowest BCUT2D eigenvalue weighted by molar-refractivity contribution is 0.558. The molecule has 16 heteroatoms. The molecule has 0 unspecified atom stereocenters. The largest absolute Gasteiger partial charge is 0.439 e. The molecule has 0 N–H and O–H groups in total. The molecule has 0 bridgehead atoms. The van der Waals surface area contributed by atoms with Gasteiger partial charge in [-0.25, -0.2) is 39.9 Å². The maximum absolute atomic E-state index is 5.46. The van der Waals surface area contributed by atoms with Gasteiger partial charge >= 0.3 is 0 Å². The Labute approximate surface area is 726 Å². The number of fused-ring (bicyclic) bond motifs is 8. The lowest BCUT2D eigenvalue weighted by atomic mass is 9.83. The molecule has 0 saturated heterocycles. The molecule has 121 heavy (non-hydrogen) atoms. The molecule has 12 heterocycles. The minimum absolute atomic E-state index is 0.676. The Kier molecular flexibility index (Phi) is 28.3. The highest BCUT2D eigenvalue weighted by Crippen LogP contribution is 2.39. The Bertz CT molecular complexity index is 6540. The molecule has 15 nitrogen and oxygen atoms in total. The Hall–Kier alpha value is -10.5. The van der Waals surface area contributed by atoms with Crippen LogP contribution in [0.1, 0.15) is 241 Å². The summed E-state index contributed by atoms with van der Waals surface area (Å²) in [6, 6.07) is 0. The van der Waals surface area contributed by atoms with E-state index in [4.69, 9.17) is 14.4 Å². The first-order chi connectivity index (χ1) is 56.2. The van der Waals surface area contributed by atoms with Crippen molar-refractivity contribution in [3.05, 3.63) is 241 Å². The van der Waals surface area contributed by atoms with E-state index in [-0.39, 0.29) is 0 Å². The first-order valence-corrected chi connectivity index (χ1v) is 43.5. The van der Waals surface area contributed by atoms with E-state index in [1.165, 1.54) is 215 Å². The van der Waals surface area contributed by atoms with Gasteiger partial charge in [-0.15, -0.1) is 11.3 Å².